The van der Waals surface area contributed by atoms with E-state index in [0.29, 0.717) is 24.2 Å². The fourth-order valence-corrected chi connectivity index (χ4v) is 2.82. The van der Waals surface area contributed by atoms with Gasteiger partial charge in [-0.2, -0.15) is 0 Å². The van der Waals surface area contributed by atoms with Crippen LogP contribution in [-0.4, -0.2) is 52.9 Å². The molecular formula is C16H24N2O2. The summed E-state index contributed by atoms with van der Waals surface area (Å²) in [5.41, 5.74) is 1.50. The Balaban J connectivity index is 2.14. The monoisotopic (exact) mass is 276 g/mol. The lowest BCUT2D eigenvalue weighted by Crippen LogP contribution is -2.54. The lowest BCUT2D eigenvalue weighted by atomic mass is 10.0. The topological polar surface area (TPSA) is 43.8 Å². The summed E-state index contributed by atoms with van der Waals surface area (Å²) in [6, 6.07) is 6.10. The molecule has 1 aliphatic rings. The number of ketones is 1. The van der Waals surface area contributed by atoms with Crippen LogP contribution in [0.2, 0.25) is 0 Å². The Morgan fingerprint density at radius 1 is 1.30 bits per heavy atom. The maximum atomic E-state index is 11.4. The number of nitrogens with zero attached hydrogens (tertiary/aromatic N) is 2. The summed E-state index contributed by atoms with van der Waals surface area (Å²) in [6.07, 6.45) is 0. The lowest BCUT2D eigenvalue weighted by molar-refractivity contribution is 0.0552. The van der Waals surface area contributed by atoms with E-state index < -0.39 is 0 Å². The molecule has 20 heavy (non-hydrogen) atoms. The number of aromatic hydroxyl groups is 1. The Kier molecular flexibility index (Phi) is 4.45. The molecule has 4 nitrogen and oxygen atoms in total. The number of phenolic OH excluding ortho intramolecular Hbond substituents is 1. The Morgan fingerprint density at radius 2 is 1.90 bits per heavy atom. The van der Waals surface area contributed by atoms with Gasteiger partial charge in [-0.15, -0.1) is 0 Å². The minimum absolute atomic E-state index is 0.0337. The van der Waals surface area contributed by atoms with Gasteiger partial charge in [0.1, 0.15) is 5.75 Å². The fourth-order valence-electron chi connectivity index (χ4n) is 2.82. The summed E-state index contributed by atoms with van der Waals surface area (Å²) in [6.45, 7) is 8.63. The zero-order valence-electron chi connectivity index (χ0n) is 12.8. The van der Waals surface area contributed by atoms with Crippen molar-refractivity contribution < 1.29 is 9.90 Å². The number of benzene rings is 1. The third-order valence-corrected chi connectivity index (χ3v) is 4.32. The molecule has 1 aliphatic heterocycles. The first-order valence-electron chi connectivity index (χ1n) is 7.15. The number of piperazine rings is 1. The van der Waals surface area contributed by atoms with Crippen molar-refractivity contribution in [2.45, 2.75) is 39.4 Å². The molecule has 1 heterocycles. The van der Waals surface area contributed by atoms with E-state index in [-0.39, 0.29) is 11.5 Å². The lowest BCUT2D eigenvalue weighted by Gasteiger charge is -2.42. The molecule has 2 rings (SSSR count). The average molecular weight is 276 g/mol. The van der Waals surface area contributed by atoms with Gasteiger partial charge >= 0.3 is 0 Å². The molecule has 0 radical (unpaired) electrons. The van der Waals surface area contributed by atoms with Crippen molar-refractivity contribution in [1.29, 1.82) is 0 Å². The summed E-state index contributed by atoms with van der Waals surface area (Å²) in [5.74, 6) is 0.306. The molecule has 0 aliphatic carbocycles. The summed E-state index contributed by atoms with van der Waals surface area (Å²) >= 11 is 0. The molecule has 1 saturated heterocycles. The highest BCUT2D eigenvalue weighted by Gasteiger charge is 2.26. The van der Waals surface area contributed by atoms with Gasteiger partial charge in [0, 0.05) is 42.8 Å². The van der Waals surface area contributed by atoms with E-state index in [1.165, 1.54) is 0 Å². The Morgan fingerprint density at radius 3 is 2.45 bits per heavy atom. The molecule has 0 bridgehead atoms. The summed E-state index contributed by atoms with van der Waals surface area (Å²) < 4.78 is 0. The molecule has 1 aromatic carbocycles. The molecular weight excluding hydrogens is 252 g/mol. The number of carbonyl (C=O) groups is 1. The fraction of sp³-hybridized carbons (Fsp3) is 0.562. The largest absolute Gasteiger partial charge is 0.508 e. The number of likely N-dealkylation sites (N-methyl/N-ethyl adjacent to an activating group) is 1. The van der Waals surface area contributed by atoms with Gasteiger partial charge in [0.25, 0.3) is 0 Å². The van der Waals surface area contributed by atoms with Crippen molar-refractivity contribution in [2.24, 2.45) is 0 Å². The van der Waals surface area contributed by atoms with Crippen molar-refractivity contribution in [1.82, 2.24) is 9.80 Å². The molecule has 0 spiro atoms. The van der Waals surface area contributed by atoms with Crippen LogP contribution >= 0.6 is 0 Å². The van der Waals surface area contributed by atoms with Gasteiger partial charge in [0.2, 0.25) is 0 Å². The van der Waals surface area contributed by atoms with Crippen molar-refractivity contribution in [2.75, 3.05) is 20.1 Å². The molecule has 1 N–H and O–H groups in total. The number of hydrogen-bond acceptors (Lipinski definition) is 4. The molecule has 0 amide bonds. The van der Waals surface area contributed by atoms with Crippen molar-refractivity contribution in [3.05, 3.63) is 29.3 Å². The number of carbonyl (C=O) groups excluding carboxylic acids is 1. The molecule has 2 atom stereocenters. The standard InChI is InChI=1S/C16H24N2O2/c1-11-8-18(9-12(2)17(11)4)10-15-7-14(13(3)19)5-6-16(15)20/h5-7,11-12,20H,8-10H2,1-4H3. The van der Waals surface area contributed by atoms with Crippen LogP contribution in [0.25, 0.3) is 0 Å². The van der Waals surface area contributed by atoms with E-state index in [1.54, 1.807) is 19.1 Å². The predicted octanol–water partition coefficient (Wildman–Crippen LogP) is 2.12. The molecule has 0 aromatic heterocycles. The first-order chi connectivity index (χ1) is 9.38. The van der Waals surface area contributed by atoms with Crippen LogP contribution < -0.4 is 0 Å². The highest BCUT2D eigenvalue weighted by molar-refractivity contribution is 5.94. The van der Waals surface area contributed by atoms with Gasteiger partial charge in [-0.25, -0.2) is 0 Å². The molecule has 4 heteroatoms. The highest BCUT2D eigenvalue weighted by atomic mass is 16.3. The Labute approximate surface area is 121 Å². The third-order valence-electron chi connectivity index (χ3n) is 4.32. The van der Waals surface area contributed by atoms with Crippen molar-refractivity contribution >= 4 is 5.78 Å². The summed E-state index contributed by atoms with van der Waals surface area (Å²) in [7, 11) is 2.15. The van der Waals surface area contributed by atoms with E-state index in [4.69, 9.17) is 0 Å². The minimum atomic E-state index is 0.0337. The van der Waals surface area contributed by atoms with E-state index in [1.807, 2.05) is 6.07 Å². The van der Waals surface area contributed by atoms with E-state index in [2.05, 4.69) is 30.7 Å². The smallest absolute Gasteiger partial charge is 0.159 e. The SMILES string of the molecule is CC(=O)c1ccc(O)c(CN2CC(C)N(C)C(C)C2)c1. The summed E-state index contributed by atoms with van der Waals surface area (Å²) in [5, 5.41) is 9.98. The first kappa shape index (κ1) is 15.0. The van der Waals surface area contributed by atoms with Crippen LogP contribution in [0.4, 0.5) is 0 Å². The van der Waals surface area contributed by atoms with Crippen LogP contribution in [0.15, 0.2) is 18.2 Å². The van der Waals surface area contributed by atoms with Gasteiger partial charge in [-0.3, -0.25) is 14.6 Å². The Hall–Kier alpha value is -1.39. The zero-order chi connectivity index (χ0) is 14.9. The first-order valence-corrected chi connectivity index (χ1v) is 7.15. The maximum Gasteiger partial charge on any atom is 0.159 e. The second-order valence-corrected chi connectivity index (χ2v) is 5.96. The number of hydrogen-bond donors (Lipinski definition) is 1. The van der Waals surface area contributed by atoms with Crippen LogP contribution in [0, 0.1) is 0 Å². The molecule has 2 unspecified atom stereocenters. The molecule has 1 fully saturated rings. The second kappa shape index (κ2) is 5.94. The molecule has 0 saturated carbocycles. The van der Waals surface area contributed by atoms with Gasteiger partial charge in [-0.05, 0) is 46.0 Å². The number of rotatable bonds is 3. The minimum Gasteiger partial charge on any atom is -0.508 e. The van der Waals surface area contributed by atoms with Crippen LogP contribution in [-0.2, 0) is 6.54 Å². The van der Waals surface area contributed by atoms with Crippen LogP contribution in [0.1, 0.15) is 36.7 Å². The van der Waals surface area contributed by atoms with Gasteiger partial charge in [0.05, 0.1) is 0 Å². The van der Waals surface area contributed by atoms with E-state index in [0.717, 1.165) is 18.7 Å². The van der Waals surface area contributed by atoms with Crippen LogP contribution in [0.5, 0.6) is 5.75 Å². The van der Waals surface area contributed by atoms with Gasteiger partial charge < -0.3 is 5.11 Å². The van der Waals surface area contributed by atoms with Gasteiger partial charge in [-0.1, -0.05) is 0 Å². The number of Topliss-reactive ketones (excluding diaryl/α,β-unsaturated/α-hetero) is 1. The third kappa shape index (κ3) is 3.19. The van der Waals surface area contributed by atoms with Crippen molar-refractivity contribution in [3.63, 3.8) is 0 Å². The van der Waals surface area contributed by atoms with E-state index in [9.17, 15) is 9.90 Å². The second-order valence-electron chi connectivity index (χ2n) is 5.96. The van der Waals surface area contributed by atoms with E-state index >= 15 is 0 Å². The average Bonchev–Trinajstić information content (AvgIpc) is 2.38. The van der Waals surface area contributed by atoms with Crippen LogP contribution in [0.3, 0.4) is 0 Å². The molecule has 110 valence electrons. The quantitative estimate of drug-likeness (QED) is 0.859. The maximum absolute atomic E-state index is 11.4. The Bertz CT molecular complexity index is 489. The number of phenols is 1. The zero-order valence-corrected chi connectivity index (χ0v) is 12.8. The molecule has 1 aromatic rings. The van der Waals surface area contributed by atoms with Crippen molar-refractivity contribution in [3.8, 4) is 5.75 Å². The van der Waals surface area contributed by atoms with Gasteiger partial charge in [0.15, 0.2) is 5.78 Å². The predicted molar refractivity (Wildman–Crippen MR) is 80.1 cm³/mol. The normalized spacial score (nSPS) is 24.8. The summed E-state index contributed by atoms with van der Waals surface area (Å²) in [4.78, 5) is 16.2. The highest BCUT2D eigenvalue weighted by Crippen LogP contribution is 2.23.